The van der Waals surface area contributed by atoms with Gasteiger partial charge in [0.2, 0.25) is 10.0 Å². The maximum atomic E-state index is 12.1. The minimum Gasteiger partial charge on any atom is -0.364 e. The van der Waals surface area contributed by atoms with Gasteiger partial charge in [0, 0.05) is 18.8 Å². The predicted molar refractivity (Wildman–Crippen MR) is 89.9 cm³/mol. The van der Waals surface area contributed by atoms with Crippen LogP contribution in [0.1, 0.15) is 25.7 Å². The normalized spacial score (nSPS) is 24.0. The Morgan fingerprint density at radius 1 is 1.17 bits per heavy atom. The molecule has 132 valence electrons. The van der Waals surface area contributed by atoms with Crippen LogP contribution in [-0.2, 0) is 19.6 Å². The fourth-order valence-corrected chi connectivity index (χ4v) is 3.76. The van der Waals surface area contributed by atoms with E-state index < -0.39 is 16.1 Å². The molecule has 7 nitrogen and oxygen atoms in total. The van der Waals surface area contributed by atoms with Crippen molar-refractivity contribution in [2.75, 3.05) is 18.4 Å². The number of nitrogens with one attached hydrogen (secondary N) is 2. The molecule has 8 heteroatoms. The Morgan fingerprint density at radius 3 is 2.46 bits per heavy atom. The van der Waals surface area contributed by atoms with Gasteiger partial charge in [-0.15, -0.1) is 0 Å². The zero-order chi connectivity index (χ0) is 17.2. The van der Waals surface area contributed by atoms with Crippen molar-refractivity contribution in [3.8, 4) is 0 Å². The monoisotopic (exact) mass is 353 g/mol. The molecule has 4 N–H and O–H groups in total. The number of carbonyl (C=O) groups excluding carboxylic acids is 1. The van der Waals surface area contributed by atoms with Crippen LogP contribution in [0.25, 0.3) is 0 Å². The van der Waals surface area contributed by atoms with E-state index in [1.165, 1.54) is 12.1 Å². The molecule has 0 bridgehead atoms. The Hall–Kier alpha value is -1.48. The van der Waals surface area contributed by atoms with Gasteiger partial charge in [0.1, 0.15) is 6.10 Å². The van der Waals surface area contributed by atoms with Gasteiger partial charge >= 0.3 is 0 Å². The van der Waals surface area contributed by atoms with Gasteiger partial charge in [-0.2, -0.15) is 0 Å². The maximum absolute atomic E-state index is 12.1. The van der Waals surface area contributed by atoms with Gasteiger partial charge in [-0.1, -0.05) is 0 Å². The van der Waals surface area contributed by atoms with Crippen LogP contribution in [0.5, 0.6) is 0 Å². The molecule has 3 rings (SSSR count). The summed E-state index contributed by atoms with van der Waals surface area (Å²) < 4.78 is 32.4. The van der Waals surface area contributed by atoms with Gasteiger partial charge in [-0.25, -0.2) is 13.1 Å². The highest BCUT2D eigenvalue weighted by atomic mass is 32.2. The highest BCUT2D eigenvalue weighted by molar-refractivity contribution is 7.89. The van der Waals surface area contributed by atoms with E-state index in [9.17, 15) is 13.2 Å². The van der Waals surface area contributed by atoms with E-state index >= 15 is 0 Å². The molecule has 1 aromatic carbocycles. The number of sulfonamides is 1. The highest BCUT2D eigenvalue weighted by Crippen LogP contribution is 2.28. The molecule has 1 aliphatic carbocycles. The molecule has 1 saturated carbocycles. The lowest BCUT2D eigenvalue weighted by atomic mass is 10.2. The lowest BCUT2D eigenvalue weighted by Crippen LogP contribution is -2.29. The van der Waals surface area contributed by atoms with Gasteiger partial charge < -0.3 is 15.8 Å². The summed E-state index contributed by atoms with van der Waals surface area (Å²) in [4.78, 5) is 12.3. The van der Waals surface area contributed by atoms with E-state index in [1.807, 2.05) is 0 Å². The summed E-state index contributed by atoms with van der Waals surface area (Å²) in [5.41, 5.74) is 6.08. The number of hydrogen-bond acceptors (Lipinski definition) is 5. The van der Waals surface area contributed by atoms with Crippen molar-refractivity contribution >= 4 is 21.6 Å². The number of rotatable bonds is 7. The first-order valence-electron chi connectivity index (χ1n) is 8.24. The maximum Gasteiger partial charge on any atom is 0.253 e. The molecule has 1 heterocycles. The molecule has 1 aromatic rings. The van der Waals surface area contributed by atoms with Gasteiger partial charge in [0.05, 0.1) is 11.0 Å². The topological polar surface area (TPSA) is 111 Å². The Balaban J connectivity index is 1.57. The zero-order valence-electron chi connectivity index (χ0n) is 13.4. The summed E-state index contributed by atoms with van der Waals surface area (Å²) in [6, 6.07) is 6.14. The lowest BCUT2D eigenvalue weighted by Gasteiger charge is -2.13. The van der Waals surface area contributed by atoms with Crippen LogP contribution in [0.2, 0.25) is 0 Å². The van der Waals surface area contributed by atoms with E-state index in [0.717, 1.165) is 19.3 Å². The van der Waals surface area contributed by atoms with Crippen molar-refractivity contribution in [2.45, 2.75) is 42.8 Å². The van der Waals surface area contributed by atoms with Crippen LogP contribution >= 0.6 is 0 Å². The second kappa shape index (κ2) is 7.18. The van der Waals surface area contributed by atoms with E-state index in [-0.39, 0.29) is 16.9 Å². The lowest BCUT2D eigenvalue weighted by molar-refractivity contribution is -0.126. The first-order valence-corrected chi connectivity index (χ1v) is 9.72. The molecular weight excluding hydrogens is 330 g/mol. The summed E-state index contributed by atoms with van der Waals surface area (Å²) in [5.74, 6) is 0.246. The van der Waals surface area contributed by atoms with Crippen molar-refractivity contribution in [2.24, 2.45) is 11.7 Å². The molecule has 1 amide bonds. The number of amides is 1. The van der Waals surface area contributed by atoms with Gasteiger partial charge in [0.25, 0.3) is 5.91 Å². The quantitative estimate of drug-likeness (QED) is 0.672. The fraction of sp³-hybridized carbons (Fsp3) is 0.562. The van der Waals surface area contributed by atoms with Gasteiger partial charge in [-0.05, 0) is 55.9 Å². The van der Waals surface area contributed by atoms with Crippen molar-refractivity contribution in [1.29, 1.82) is 0 Å². The standard InChI is InChI=1S/C16H23N3O4S/c17-9-13-5-8-15(23-13)16(20)19-12-3-6-14(7-4-12)24(21,22)18-10-11-1-2-11/h3-4,6-7,11,13,15,18H,1-2,5,8-10,17H2,(H,19,20)/t13-,15+/m1/s1. The number of anilines is 1. The first kappa shape index (κ1) is 17.3. The van der Waals surface area contributed by atoms with Crippen LogP contribution < -0.4 is 15.8 Å². The molecule has 1 aliphatic heterocycles. The van der Waals surface area contributed by atoms with Crippen molar-refractivity contribution in [1.82, 2.24) is 4.72 Å². The predicted octanol–water partition coefficient (Wildman–Crippen LogP) is 0.820. The van der Waals surface area contributed by atoms with Crippen molar-refractivity contribution < 1.29 is 17.9 Å². The third-order valence-corrected chi connectivity index (χ3v) is 5.79. The van der Waals surface area contributed by atoms with Crippen LogP contribution in [-0.4, -0.2) is 39.6 Å². The summed E-state index contributed by atoms with van der Waals surface area (Å²) in [5, 5.41) is 2.75. The summed E-state index contributed by atoms with van der Waals surface area (Å²) in [6.45, 7) is 0.895. The first-order chi connectivity index (χ1) is 11.5. The molecule has 2 atom stereocenters. The number of carbonyl (C=O) groups is 1. The molecular formula is C16H23N3O4S. The van der Waals surface area contributed by atoms with Crippen LogP contribution in [0.3, 0.4) is 0 Å². The number of benzene rings is 1. The second-order valence-corrected chi connectivity index (χ2v) is 8.14. The van der Waals surface area contributed by atoms with Crippen LogP contribution in [0.15, 0.2) is 29.2 Å². The Labute approximate surface area is 142 Å². The van der Waals surface area contributed by atoms with E-state index in [2.05, 4.69) is 10.0 Å². The van der Waals surface area contributed by atoms with E-state index in [1.54, 1.807) is 12.1 Å². The number of ether oxygens (including phenoxy) is 1. The third-order valence-electron chi connectivity index (χ3n) is 4.35. The molecule has 2 fully saturated rings. The molecule has 0 aromatic heterocycles. The minimum absolute atomic E-state index is 0.0641. The summed E-state index contributed by atoms with van der Waals surface area (Å²) in [7, 11) is -3.49. The Bertz CT molecular complexity index is 686. The number of nitrogens with two attached hydrogens (primary N) is 1. The summed E-state index contributed by atoms with van der Waals surface area (Å²) >= 11 is 0. The fourth-order valence-electron chi connectivity index (χ4n) is 2.64. The van der Waals surface area contributed by atoms with Crippen LogP contribution in [0, 0.1) is 5.92 Å². The Morgan fingerprint density at radius 2 is 1.88 bits per heavy atom. The number of hydrogen-bond donors (Lipinski definition) is 3. The molecule has 0 spiro atoms. The largest absolute Gasteiger partial charge is 0.364 e. The molecule has 0 radical (unpaired) electrons. The molecule has 1 saturated heterocycles. The molecule has 24 heavy (non-hydrogen) atoms. The van der Waals surface area contributed by atoms with Gasteiger partial charge in [-0.3, -0.25) is 4.79 Å². The van der Waals surface area contributed by atoms with E-state index in [0.29, 0.717) is 31.1 Å². The Kier molecular flexibility index (Phi) is 5.19. The molecule has 0 unspecified atom stereocenters. The average Bonchev–Trinajstić information content (AvgIpc) is 3.28. The highest BCUT2D eigenvalue weighted by Gasteiger charge is 2.30. The second-order valence-electron chi connectivity index (χ2n) is 6.37. The minimum atomic E-state index is -3.49. The SMILES string of the molecule is NC[C@H]1CC[C@@H](C(=O)Nc2ccc(S(=O)(=O)NCC3CC3)cc2)O1. The van der Waals surface area contributed by atoms with Crippen LogP contribution in [0.4, 0.5) is 5.69 Å². The summed E-state index contributed by atoms with van der Waals surface area (Å²) in [6.07, 6.45) is 3.03. The molecule has 2 aliphatic rings. The van der Waals surface area contributed by atoms with Crippen molar-refractivity contribution in [3.63, 3.8) is 0 Å². The van der Waals surface area contributed by atoms with Crippen molar-refractivity contribution in [3.05, 3.63) is 24.3 Å². The third kappa shape index (κ3) is 4.32. The van der Waals surface area contributed by atoms with Gasteiger partial charge in [0.15, 0.2) is 0 Å². The zero-order valence-corrected chi connectivity index (χ0v) is 14.2. The average molecular weight is 353 g/mol. The van der Waals surface area contributed by atoms with E-state index in [4.69, 9.17) is 10.5 Å². The smallest absolute Gasteiger partial charge is 0.253 e.